The number of rotatable bonds is 5. The first-order valence-corrected chi connectivity index (χ1v) is 13.2. The first kappa shape index (κ1) is 25.5. The van der Waals surface area contributed by atoms with Crippen LogP contribution in [0.1, 0.15) is 17.3 Å². The van der Waals surface area contributed by atoms with Gasteiger partial charge in [-0.1, -0.05) is 11.3 Å². The lowest BCUT2D eigenvalue weighted by Crippen LogP contribution is -2.50. The molecule has 0 aliphatic carbocycles. The van der Waals surface area contributed by atoms with Crippen molar-refractivity contribution in [2.75, 3.05) is 32.8 Å². The number of aryl methyl sites for hydroxylation is 1. The number of amides is 2. The summed E-state index contributed by atoms with van der Waals surface area (Å²) in [4.78, 5) is 41.1. The largest absolute Gasteiger partial charge is 0.450 e. The number of sulfonamides is 1. The van der Waals surface area contributed by atoms with Gasteiger partial charge < -0.3 is 14.2 Å². The third kappa shape index (κ3) is 5.01. The number of thiazole rings is 1. The van der Waals surface area contributed by atoms with Gasteiger partial charge in [0.25, 0.3) is 11.6 Å². The van der Waals surface area contributed by atoms with E-state index >= 15 is 0 Å². The minimum absolute atomic E-state index is 0.0309. The van der Waals surface area contributed by atoms with Crippen molar-refractivity contribution in [3.05, 3.63) is 62.9 Å². The summed E-state index contributed by atoms with van der Waals surface area (Å²) in [7, 11) is -2.10. The number of carbonyl (C=O) groups excluding carboxylic acids is 2. The average Bonchev–Trinajstić information content (AvgIpc) is 3.18. The second-order valence-electron chi connectivity index (χ2n) is 7.88. The van der Waals surface area contributed by atoms with Crippen molar-refractivity contribution in [3.8, 4) is 0 Å². The normalized spacial score (nSPS) is 15.3. The van der Waals surface area contributed by atoms with Gasteiger partial charge in [-0.15, -0.1) is 0 Å². The molecule has 0 atom stereocenters. The van der Waals surface area contributed by atoms with Crippen molar-refractivity contribution in [1.29, 1.82) is 0 Å². The Morgan fingerprint density at radius 3 is 2.39 bits per heavy atom. The van der Waals surface area contributed by atoms with Gasteiger partial charge in [-0.3, -0.25) is 14.9 Å². The van der Waals surface area contributed by atoms with Crippen LogP contribution in [-0.2, 0) is 21.8 Å². The maximum atomic E-state index is 13.0. The van der Waals surface area contributed by atoms with E-state index in [2.05, 4.69) is 4.99 Å². The van der Waals surface area contributed by atoms with Crippen LogP contribution in [0.4, 0.5) is 10.5 Å². The predicted octanol–water partition coefficient (Wildman–Crippen LogP) is 2.35. The van der Waals surface area contributed by atoms with Crippen molar-refractivity contribution < 1.29 is 27.7 Å². The second-order valence-corrected chi connectivity index (χ2v) is 10.8. The Kier molecular flexibility index (Phi) is 7.19. The zero-order valence-corrected chi connectivity index (χ0v) is 21.1. The Labute approximate surface area is 210 Å². The number of nitro benzene ring substituents is 1. The molecule has 0 spiro atoms. The van der Waals surface area contributed by atoms with Gasteiger partial charge in [0.2, 0.25) is 10.0 Å². The molecule has 2 heterocycles. The molecule has 1 aromatic heterocycles. The molecule has 190 valence electrons. The van der Waals surface area contributed by atoms with E-state index in [0.29, 0.717) is 15.0 Å². The van der Waals surface area contributed by atoms with Crippen LogP contribution in [0.15, 0.2) is 52.4 Å². The monoisotopic (exact) mass is 533 g/mol. The Bertz CT molecular complexity index is 1500. The van der Waals surface area contributed by atoms with Crippen LogP contribution in [0.25, 0.3) is 10.2 Å². The average molecular weight is 534 g/mol. The lowest BCUT2D eigenvalue weighted by Gasteiger charge is -2.33. The molecule has 1 aliphatic rings. The standard InChI is InChI=1S/C22H23N5O7S2/c1-3-34-22(29)25-10-12-26(13-11-25)36(32,33)17-7-4-15(5-8-17)20(28)23-21-24(2)18-9-6-16(27(30)31)14-19(18)35-21/h4-9,14H,3,10-13H2,1-2H3. The fourth-order valence-corrected chi connectivity index (χ4v) is 6.21. The number of ether oxygens (including phenoxy) is 1. The van der Waals surface area contributed by atoms with Crippen LogP contribution in [0.3, 0.4) is 0 Å². The summed E-state index contributed by atoms with van der Waals surface area (Å²) in [5.41, 5.74) is 0.840. The van der Waals surface area contributed by atoms with Crippen LogP contribution in [0, 0.1) is 10.1 Å². The molecule has 0 N–H and O–H groups in total. The summed E-state index contributed by atoms with van der Waals surface area (Å²) in [5, 5.41) is 11.0. The molecule has 0 saturated carbocycles. The van der Waals surface area contributed by atoms with Crippen LogP contribution >= 0.6 is 11.3 Å². The Hall–Kier alpha value is -3.62. The van der Waals surface area contributed by atoms with Gasteiger partial charge in [-0.2, -0.15) is 9.30 Å². The lowest BCUT2D eigenvalue weighted by atomic mass is 10.2. The molecular weight excluding hydrogens is 510 g/mol. The van der Waals surface area contributed by atoms with Crippen molar-refractivity contribution >= 4 is 49.3 Å². The van der Waals surface area contributed by atoms with Gasteiger partial charge in [-0.25, -0.2) is 13.2 Å². The fraction of sp³-hybridized carbons (Fsp3) is 0.318. The van der Waals surface area contributed by atoms with Crippen LogP contribution in [0.2, 0.25) is 0 Å². The van der Waals surface area contributed by atoms with Gasteiger partial charge >= 0.3 is 6.09 Å². The van der Waals surface area contributed by atoms with Crippen molar-refractivity contribution in [1.82, 2.24) is 13.8 Å². The zero-order chi connectivity index (χ0) is 26.0. The highest BCUT2D eigenvalue weighted by Gasteiger charge is 2.30. The molecule has 0 bridgehead atoms. The van der Waals surface area contributed by atoms with Gasteiger partial charge in [-0.05, 0) is 37.3 Å². The number of non-ortho nitro benzene ring substituents is 1. The summed E-state index contributed by atoms with van der Waals surface area (Å²) in [6.07, 6.45) is -0.466. The number of aromatic nitrogens is 1. The van der Waals surface area contributed by atoms with Crippen molar-refractivity contribution in [3.63, 3.8) is 0 Å². The van der Waals surface area contributed by atoms with E-state index in [-0.39, 0.29) is 48.9 Å². The number of carbonyl (C=O) groups is 2. The predicted molar refractivity (Wildman–Crippen MR) is 131 cm³/mol. The quantitative estimate of drug-likeness (QED) is 0.362. The van der Waals surface area contributed by atoms with E-state index in [1.54, 1.807) is 24.6 Å². The molecule has 14 heteroatoms. The van der Waals surface area contributed by atoms with Crippen LogP contribution < -0.4 is 4.80 Å². The number of nitro groups is 1. The van der Waals surface area contributed by atoms with Gasteiger partial charge in [0, 0.05) is 50.9 Å². The fourth-order valence-electron chi connectivity index (χ4n) is 3.74. The van der Waals surface area contributed by atoms with E-state index in [0.717, 1.165) is 11.3 Å². The van der Waals surface area contributed by atoms with Crippen molar-refractivity contribution in [2.45, 2.75) is 11.8 Å². The molecule has 2 aromatic carbocycles. The summed E-state index contributed by atoms with van der Waals surface area (Å²) in [5.74, 6) is -0.571. The second kappa shape index (κ2) is 10.2. The summed E-state index contributed by atoms with van der Waals surface area (Å²) in [6.45, 7) is 2.68. The molecule has 2 amide bonds. The summed E-state index contributed by atoms with van der Waals surface area (Å²) in [6, 6.07) is 9.90. The Morgan fingerprint density at radius 2 is 1.78 bits per heavy atom. The Balaban J connectivity index is 1.51. The molecule has 0 unspecified atom stereocenters. The maximum absolute atomic E-state index is 13.0. The molecule has 4 rings (SSSR count). The van der Waals surface area contributed by atoms with Gasteiger partial charge in [0.05, 0.1) is 26.6 Å². The molecule has 3 aromatic rings. The molecule has 1 saturated heterocycles. The van der Waals surface area contributed by atoms with E-state index in [4.69, 9.17) is 4.74 Å². The van der Waals surface area contributed by atoms with E-state index in [1.165, 1.54) is 45.6 Å². The minimum atomic E-state index is -3.80. The highest BCUT2D eigenvalue weighted by Crippen LogP contribution is 2.23. The van der Waals surface area contributed by atoms with Crippen LogP contribution in [0.5, 0.6) is 0 Å². The first-order chi connectivity index (χ1) is 17.1. The number of piperazine rings is 1. The molecular formula is C22H23N5O7S2. The SMILES string of the molecule is CCOC(=O)N1CCN(S(=O)(=O)c2ccc(C(=O)N=c3sc4cc([N+](=O)[O-])ccc4n3C)cc2)CC1. The third-order valence-corrected chi connectivity index (χ3v) is 8.71. The highest BCUT2D eigenvalue weighted by molar-refractivity contribution is 7.89. The van der Waals surface area contributed by atoms with Crippen LogP contribution in [-0.4, -0.2) is 71.9 Å². The molecule has 12 nitrogen and oxygen atoms in total. The highest BCUT2D eigenvalue weighted by atomic mass is 32.2. The molecule has 0 radical (unpaired) electrons. The Morgan fingerprint density at radius 1 is 1.11 bits per heavy atom. The maximum Gasteiger partial charge on any atom is 0.409 e. The third-order valence-electron chi connectivity index (χ3n) is 5.70. The summed E-state index contributed by atoms with van der Waals surface area (Å²) >= 11 is 1.14. The number of hydrogen-bond donors (Lipinski definition) is 0. The smallest absolute Gasteiger partial charge is 0.409 e. The summed E-state index contributed by atoms with van der Waals surface area (Å²) < 4.78 is 34.6. The number of hydrogen-bond acceptors (Lipinski definition) is 8. The molecule has 1 aliphatic heterocycles. The van der Waals surface area contributed by atoms with Gasteiger partial charge in [0.15, 0.2) is 4.80 Å². The minimum Gasteiger partial charge on any atom is -0.450 e. The van der Waals surface area contributed by atoms with Crippen molar-refractivity contribution in [2.24, 2.45) is 12.0 Å². The zero-order valence-electron chi connectivity index (χ0n) is 19.5. The van der Waals surface area contributed by atoms with E-state index in [1.807, 2.05) is 0 Å². The van der Waals surface area contributed by atoms with E-state index < -0.39 is 26.9 Å². The van der Waals surface area contributed by atoms with Gasteiger partial charge in [0.1, 0.15) is 0 Å². The lowest BCUT2D eigenvalue weighted by molar-refractivity contribution is -0.384. The van der Waals surface area contributed by atoms with E-state index in [9.17, 15) is 28.1 Å². The topological polar surface area (TPSA) is 144 Å². The molecule has 1 fully saturated rings. The number of benzene rings is 2. The molecule has 36 heavy (non-hydrogen) atoms. The first-order valence-electron chi connectivity index (χ1n) is 11.0. The number of fused-ring (bicyclic) bond motifs is 1. The number of nitrogens with zero attached hydrogens (tertiary/aromatic N) is 5.